The van der Waals surface area contributed by atoms with Crippen molar-refractivity contribution in [2.24, 2.45) is 5.73 Å². The van der Waals surface area contributed by atoms with Crippen molar-refractivity contribution in [2.45, 2.75) is 31.8 Å². The van der Waals surface area contributed by atoms with Crippen molar-refractivity contribution in [3.63, 3.8) is 0 Å². The van der Waals surface area contributed by atoms with Gasteiger partial charge >= 0.3 is 0 Å². The maximum absolute atomic E-state index is 5.61. The Balaban J connectivity index is 2.12. The van der Waals surface area contributed by atoms with Crippen LogP contribution in [0.1, 0.15) is 43.6 Å². The van der Waals surface area contributed by atoms with Crippen LogP contribution in [0, 0.1) is 0 Å². The van der Waals surface area contributed by atoms with Crippen LogP contribution in [0.25, 0.3) is 0 Å². The van der Waals surface area contributed by atoms with E-state index < -0.39 is 0 Å². The number of hydrogen-bond donors (Lipinski definition) is 2. The average Bonchev–Trinajstić information content (AvgIpc) is 2.75. The van der Waals surface area contributed by atoms with Crippen LogP contribution in [0.15, 0.2) is 4.52 Å². The Morgan fingerprint density at radius 1 is 1.69 bits per heavy atom. The molecule has 1 aliphatic heterocycles. The summed E-state index contributed by atoms with van der Waals surface area (Å²) >= 11 is 0. The smallest absolute Gasteiger partial charge is 0.243 e. The lowest BCUT2D eigenvalue weighted by atomic mass is 10.2. The van der Waals surface area contributed by atoms with Crippen molar-refractivity contribution >= 4 is 0 Å². The van der Waals surface area contributed by atoms with E-state index in [4.69, 9.17) is 10.3 Å². The van der Waals surface area contributed by atoms with Gasteiger partial charge in [-0.2, -0.15) is 4.98 Å². The van der Waals surface area contributed by atoms with Crippen molar-refractivity contribution in [3.05, 3.63) is 11.7 Å². The van der Waals surface area contributed by atoms with E-state index in [-0.39, 0.29) is 12.1 Å². The van der Waals surface area contributed by atoms with Crippen LogP contribution in [0.3, 0.4) is 0 Å². The Kier molecular flexibility index (Phi) is 2.28. The summed E-state index contributed by atoms with van der Waals surface area (Å²) in [6.07, 6.45) is 2.25. The third kappa shape index (κ3) is 1.71. The Morgan fingerprint density at radius 3 is 3.08 bits per heavy atom. The van der Waals surface area contributed by atoms with Gasteiger partial charge in [0.2, 0.25) is 5.89 Å². The number of aromatic nitrogens is 2. The van der Waals surface area contributed by atoms with E-state index in [1.54, 1.807) is 0 Å². The molecule has 1 aliphatic rings. The summed E-state index contributed by atoms with van der Waals surface area (Å²) in [5.74, 6) is 1.26. The van der Waals surface area contributed by atoms with Gasteiger partial charge in [0.05, 0.1) is 12.1 Å². The highest BCUT2D eigenvalue weighted by molar-refractivity contribution is 4.98. The van der Waals surface area contributed by atoms with Gasteiger partial charge < -0.3 is 15.6 Å². The maximum atomic E-state index is 5.61. The Labute approximate surface area is 76.7 Å². The van der Waals surface area contributed by atoms with Crippen LogP contribution >= 0.6 is 0 Å². The SMILES string of the molecule is C[C@H](N)c1nc(C2CCCN2)no1. The molecule has 0 amide bonds. The average molecular weight is 182 g/mol. The van der Waals surface area contributed by atoms with Gasteiger partial charge in [0.15, 0.2) is 5.82 Å². The normalized spacial score (nSPS) is 24.9. The zero-order chi connectivity index (χ0) is 9.26. The van der Waals surface area contributed by atoms with Crippen LogP contribution in [-0.2, 0) is 0 Å². The van der Waals surface area contributed by atoms with Crippen molar-refractivity contribution in [1.29, 1.82) is 0 Å². The van der Waals surface area contributed by atoms with Crippen molar-refractivity contribution in [3.8, 4) is 0 Å². The fraction of sp³-hybridized carbons (Fsp3) is 0.750. The molecule has 2 atom stereocenters. The molecule has 0 saturated carbocycles. The van der Waals surface area contributed by atoms with Crippen LogP contribution in [0.5, 0.6) is 0 Å². The predicted molar refractivity (Wildman–Crippen MR) is 46.9 cm³/mol. The molecule has 1 aromatic rings. The first kappa shape index (κ1) is 8.65. The maximum Gasteiger partial charge on any atom is 0.243 e. The monoisotopic (exact) mass is 182 g/mol. The van der Waals surface area contributed by atoms with Gasteiger partial charge in [-0.05, 0) is 26.3 Å². The first-order valence-electron chi connectivity index (χ1n) is 4.60. The lowest BCUT2D eigenvalue weighted by molar-refractivity contribution is 0.353. The molecule has 72 valence electrons. The molecular formula is C8H14N4O. The first-order chi connectivity index (χ1) is 6.27. The van der Waals surface area contributed by atoms with Gasteiger partial charge in [0.25, 0.3) is 0 Å². The highest BCUT2D eigenvalue weighted by Gasteiger charge is 2.22. The summed E-state index contributed by atoms with van der Waals surface area (Å²) in [6, 6.07) is 0.0823. The number of rotatable bonds is 2. The van der Waals surface area contributed by atoms with E-state index in [9.17, 15) is 0 Å². The Bertz CT molecular complexity index is 277. The van der Waals surface area contributed by atoms with Gasteiger partial charge in [0.1, 0.15) is 0 Å². The van der Waals surface area contributed by atoms with Crippen LogP contribution in [0.4, 0.5) is 0 Å². The van der Waals surface area contributed by atoms with Gasteiger partial charge in [-0.3, -0.25) is 0 Å². The molecule has 3 N–H and O–H groups in total. The highest BCUT2D eigenvalue weighted by atomic mass is 16.5. The quantitative estimate of drug-likeness (QED) is 0.697. The van der Waals surface area contributed by atoms with E-state index in [2.05, 4.69) is 15.5 Å². The van der Waals surface area contributed by atoms with E-state index >= 15 is 0 Å². The Hall–Kier alpha value is -0.940. The van der Waals surface area contributed by atoms with Gasteiger partial charge in [-0.1, -0.05) is 5.16 Å². The third-order valence-electron chi connectivity index (χ3n) is 2.22. The molecule has 1 aromatic heterocycles. The molecule has 0 aliphatic carbocycles. The first-order valence-corrected chi connectivity index (χ1v) is 4.60. The van der Waals surface area contributed by atoms with Crippen LogP contribution in [0.2, 0.25) is 0 Å². The second-order valence-electron chi connectivity index (χ2n) is 3.43. The molecule has 0 radical (unpaired) electrons. The topological polar surface area (TPSA) is 77.0 Å². The van der Waals surface area contributed by atoms with Gasteiger partial charge in [-0.15, -0.1) is 0 Å². The van der Waals surface area contributed by atoms with E-state index in [0.717, 1.165) is 18.8 Å². The number of nitrogens with zero attached hydrogens (tertiary/aromatic N) is 2. The Morgan fingerprint density at radius 2 is 2.54 bits per heavy atom. The molecule has 1 unspecified atom stereocenters. The molecule has 1 saturated heterocycles. The van der Waals surface area contributed by atoms with Crippen LogP contribution in [-0.4, -0.2) is 16.7 Å². The molecule has 2 heterocycles. The molecule has 13 heavy (non-hydrogen) atoms. The summed E-state index contributed by atoms with van der Waals surface area (Å²) in [5.41, 5.74) is 5.61. The number of hydrogen-bond acceptors (Lipinski definition) is 5. The second kappa shape index (κ2) is 3.43. The summed E-state index contributed by atoms with van der Waals surface area (Å²) in [7, 11) is 0. The largest absolute Gasteiger partial charge is 0.338 e. The predicted octanol–water partition coefficient (Wildman–Crippen LogP) is 0.514. The molecule has 5 heteroatoms. The van der Waals surface area contributed by atoms with E-state index in [1.165, 1.54) is 6.42 Å². The lowest BCUT2D eigenvalue weighted by Gasteiger charge is -2.01. The van der Waals surface area contributed by atoms with E-state index in [0.29, 0.717) is 5.89 Å². The van der Waals surface area contributed by atoms with Crippen molar-refractivity contribution in [2.75, 3.05) is 6.54 Å². The van der Waals surface area contributed by atoms with Gasteiger partial charge in [0, 0.05) is 0 Å². The molecular weight excluding hydrogens is 168 g/mol. The summed E-state index contributed by atoms with van der Waals surface area (Å²) in [5, 5.41) is 7.19. The number of nitrogens with two attached hydrogens (primary N) is 1. The molecule has 2 rings (SSSR count). The summed E-state index contributed by atoms with van der Waals surface area (Å²) in [6.45, 7) is 2.87. The van der Waals surface area contributed by atoms with Gasteiger partial charge in [-0.25, -0.2) is 0 Å². The second-order valence-corrected chi connectivity index (χ2v) is 3.43. The zero-order valence-electron chi connectivity index (χ0n) is 7.66. The van der Waals surface area contributed by atoms with Crippen molar-refractivity contribution < 1.29 is 4.52 Å². The molecule has 0 spiro atoms. The zero-order valence-corrected chi connectivity index (χ0v) is 7.66. The van der Waals surface area contributed by atoms with Crippen molar-refractivity contribution in [1.82, 2.24) is 15.5 Å². The molecule has 0 bridgehead atoms. The van der Waals surface area contributed by atoms with E-state index in [1.807, 2.05) is 6.92 Å². The minimum absolute atomic E-state index is 0.178. The minimum atomic E-state index is -0.178. The minimum Gasteiger partial charge on any atom is -0.338 e. The summed E-state index contributed by atoms with van der Waals surface area (Å²) in [4.78, 5) is 4.23. The third-order valence-corrected chi connectivity index (χ3v) is 2.22. The fourth-order valence-electron chi connectivity index (χ4n) is 1.48. The highest BCUT2D eigenvalue weighted by Crippen LogP contribution is 2.20. The molecule has 5 nitrogen and oxygen atoms in total. The fourth-order valence-corrected chi connectivity index (χ4v) is 1.48. The number of nitrogens with one attached hydrogen (secondary N) is 1. The van der Waals surface area contributed by atoms with Crippen LogP contribution < -0.4 is 11.1 Å². The standard InChI is InChI=1S/C8H14N4O/c1-5(9)8-11-7(12-13-8)6-3-2-4-10-6/h5-6,10H,2-4,9H2,1H3/t5-,6?/m0/s1. The summed E-state index contributed by atoms with van der Waals surface area (Å²) < 4.78 is 5.01. The molecule has 1 fully saturated rings. The lowest BCUT2D eigenvalue weighted by Crippen LogP contribution is -2.14. The molecule has 0 aromatic carbocycles.